The first-order valence-electron chi connectivity index (χ1n) is 9.81. The highest BCUT2D eigenvalue weighted by atomic mass is 32.2. The average molecular weight is 421 g/mol. The van der Waals surface area contributed by atoms with Crippen LogP contribution in [0.3, 0.4) is 0 Å². The lowest BCUT2D eigenvalue weighted by atomic mass is 9.87. The van der Waals surface area contributed by atoms with Crippen molar-refractivity contribution in [3.8, 4) is 22.9 Å². The first kappa shape index (κ1) is 20.3. The quantitative estimate of drug-likeness (QED) is 0.353. The monoisotopic (exact) mass is 420 g/mol. The number of benzene rings is 2. The molecule has 0 amide bonds. The average Bonchev–Trinajstić information content (AvgIpc) is 3.38. The summed E-state index contributed by atoms with van der Waals surface area (Å²) in [6.45, 7) is 10.6. The fourth-order valence-electron chi connectivity index (χ4n) is 2.90. The molecule has 0 aliphatic heterocycles. The van der Waals surface area contributed by atoms with Crippen LogP contribution in [0.2, 0.25) is 0 Å². The van der Waals surface area contributed by atoms with Crippen LogP contribution in [0, 0.1) is 6.92 Å². The lowest BCUT2D eigenvalue weighted by molar-refractivity contribution is 0.461. The first-order valence-corrected chi connectivity index (χ1v) is 10.7. The summed E-state index contributed by atoms with van der Waals surface area (Å²) in [6.07, 6.45) is 0. The summed E-state index contributed by atoms with van der Waals surface area (Å²) in [5.74, 6) is 1.52. The van der Waals surface area contributed by atoms with Gasteiger partial charge in [-0.1, -0.05) is 62.4 Å². The van der Waals surface area contributed by atoms with Crippen molar-refractivity contribution in [1.82, 2.24) is 20.4 Å². The Balaban J connectivity index is 1.45. The molecule has 4 rings (SSSR count). The van der Waals surface area contributed by atoms with Crippen molar-refractivity contribution in [1.29, 1.82) is 0 Å². The summed E-state index contributed by atoms with van der Waals surface area (Å²) in [6, 6.07) is 16.2. The van der Waals surface area contributed by atoms with Gasteiger partial charge in [-0.15, -0.1) is 20.4 Å². The smallest absolute Gasteiger partial charge is 0.277 e. The number of thioether (sulfide) groups is 1. The van der Waals surface area contributed by atoms with E-state index in [1.807, 2.05) is 50.2 Å². The standard InChI is InChI=1S/C23H24N4O2S/c1-14-6-8-16(9-7-14)20-25-24-19(28-20)15(2)30-22-27-26-21(29-22)17-10-12-18(13-11-17)23(3,4)5/h6-13,15H,1-5H3/t15-/m1/s1. The molecule has 4 aromatic rings. The van der Waals surface area contributed by atoms with E-state index in [4.69, 9.17) is 8.83 Å². The summed E-state index contributed by atoms with van der Waals surface area (Å²) in [7, 11) is 0. The van der Waals surface area contributed by atoms with E-state index in [0.29, 0.717) is 22.9 Å². The molecule has 2 aromatic carbocycles. The zero-order chi connectivity index (χ0) is 21.3. The van der Waals surface area contributed by atoms with E-state index in [1.54, 1.807) is 0 Å². The molecule has 0 radical (unpaired) electrons. The largest absolute Gasteiger partial charge is 0.419 e. The van der Waals surface area contributed by atoms with Gasteiger partial charge in [0.05, 0.1) is 5.25 Å². The number of rotatable bonds is 5. The van der Waals surface area contributed by atoms with Gasteiger partial charge >= 0.3 is 0 Å². The molecule has 0 spiro atoms. The van der Waals surface area contributed by atoms with Gasteiger partial charge in [-0.05, 0) is 49.1 Å². The number of aromatic nitrogens is 4. The maximum Gasteiger partial charge on any atom is 0.277 e. The molecule has 30 heavy (non-hydrogen) atoms. The van der Waals surface area contributed by atoms with Gasteiger partial charge in [0.25, 0.3) is 5.22 Å². The molecule has 1 atom stereocenters. The number of hydrogen-bond acceptors (Lipinski definition) is 7. The van der Waals surface area contributed by atoms with Gasteiger partial charge < -0.3 is 8.83 Å². The molecule has 2 heterocycles. The van der Waals surface area contributed by atoms with Crippen LogP contribution >= 0.6 is 11.8 Å². The van der Waals surface area contributed by atoms with E-state index >= 15 is 0 Å². The molecule has 0 fully saturated rings. The highest BCUT2D eigenvalue weighted by molar-refractivity contribution is 7.99. The van der Waals surface area contributed by atoms with Gasteiger partial charge in [-0.25, -0.2) is 0 Å². The molecule has 0 unspecified atom stereocenters. The Morgan fingerprint density at radius 1 is 0.767 bits per heavy atom. The van der Waals surface area contributed by atoms with E-state index in [0.717, 1.165) is 11.1 Å². The topological polar surface area (TPSA) is 77.8 Å². The van der Waals surface area contributed by atoms with Crippen LogP contribution < -0.4 is 0 Å². The Bertz CT molecular complexity index is 1130. The third-order valence-electron chi connectivity index (χ3n) is 4.77. The van der Waals surface area contributed by atoms with Crippen LogP contribution in [-0.2, 0) is 5.41 Å². The van der Waals surface area contributed by atoms with Crippen LogP contribution in [0.25, 0.3) is 22.9 Å². The van der Waals surface area contributed by atoms with E-state index in [-0.39, 0.29) is 10.7 Å². The Morgan fingerprint density at radius 3 is 1.97 bits per heavy atom. The van der Waals surface area contributed by atoms with Crippen molar-refractivity contribution >= 4 is 11.8 Å². The number of nitrogens with zero attached hydrogens (tertiary/aromatic N) is 4. The normalized spacial score (nSPS) is 12.8. The fourth-order valence-corrected chi connectivity index (χ4v) is 3.61. The van der Waals surface area contributed by atoms with Crippen molar-refractivity contribution in [2.24, 2.45) is 0 Å². The molecule has 0 saturated heterocycles. The summed E-state index contributed by atoms with van der Waals surface area (Å²) in [5, 5.41) is 17.0. The van der Waals surface area contributed by atoms with Gasteiger partial charge in [-0.3, -0.25) is 0 Å². The first-order chi connectivity index (χ1) is 14.3. The summed E-state index contributed by atoms with van der Waals surface area (Å²) >= 11 is 1.39. The van der Waals surface area contributed by atoms with Crippen LogP contribution in [-0.4, -0.2) is 20.4 Å². The molecule has 0 bridgehead atoms. The molecule has 2 aromatic heterocycles. The number of aryl methyl sites for hydroxylation is 1. The summed E-state index contributed by atoms with van der Waals surface area (Å²) in [4.78, 5) is 0. The second kappa shape index (κ2) is 8.07. The second-order valence-corrected chi connectivity index (χ2v) is 9.56. The maximum absolute atomic E-state index is 5.85. The van der Waals surface area contributed by atoms with Crippen molar-refractivity contribution in [2.45, 2.75) is 50.5 Å². The minimum Gasteiger partial charge on any atom is -0.419 e. The molecule has 0 N–H and O–H groups in total. The SMILES string of the molecule is Cc1ccc(-c2nnc([C@@H](C)Sc3nnc(-c4ccc(C(C)(C)C)cc4)o3)o2)cc1. The molecular weight excluding hydrogens is 396 g/mol. The van der Waals surface area contributed by atoms with Crippen molar-refractivity contribution in [2.75, 3.05) is 0 Å². The van der Waals surface area contributed by atoms with E-state index in [9.17, 15) is 0 Å². The van der Waals surface area contributed by atoms with Crippen LogP contribution in [0.4, 0.5) is 0 Å². The van der Waals surface area contributed by atoms with Crippen molar-refractivity contribution < 1.29 is 8.83 Å². The summed E-state index contributed by atoms with van der Waals surface area (Å²) in [5.41, 5.74) is 4.34. The van der Waals surface area contributed by atoms with E-state index < -0.39 is 0 Å². The lowest BCUT2D eigenvalue weighted by Gasteiger charge is -2.18. The predicted molar refractivity (Wildman–Crippen MR) is 117 cm³/mol. The number of hydrogen-bond donors (Lipinski definition) is 0. The molecule has 154 valence electrons. The van der Waals surface area contributed by atoms with Gasteiger partial charge in [0, 0.05) is 11.1 Å². The van der Waals surface area contributed by atoms with Gasteiger partial charge in [0.15, 0.2) is 0 Å². The third-order valence-corrected chi connectivity index (χ3v) is 5.69. The Kier molecular flexibility index (Phi) is 5.47. The third kappa shape index (κ3) is 4.46. The molecule has 0 aliphatic carbocycles. The zero-order valence-electron chi connectivity index (χ0n) is 17.7. The van der Waals surface area contributed by atoms with E-state index in [1.165, 1.54) is 22.9 Å². The molecule has 7 heteroatoms. The van der Waals surface area contributed by atoms with Crippen LogP contribution in [0.15, 0.2) is 62.6 Å². The minimum absolute atomic E-state index is 0.103. The predicted octanol–water partition coefficient (Wildman–Crippen LogP) is 6.25. The van der Waals surface area contributed by atoms with Gasteiger partial charge in [0.1, 0.15) is 0 Å². The van der Waals surface area contributed by atoms with E-state index in [2.05, 4.69) is 53.3 Å². The molecule has 0 aliphatic rings. The highest BCUT2D eigenvalue weighted by Crippen LogP contribution is 2.35. The molecule has 6 nitrogen and oxygen atoms in total. The van der Waals surface area contributed by atoms with Crippen LogP contribution in [0.1, 0.15) is 50.0 Å². The Hall–Kier alpha value is -2.93. The van der Waals surface area contributed by atoms with Gasteiger partial charge in [-0.2, -0.15) is 0 Å². The Morgan fingerprint density at radius 2 is 1.33 bits per heavy atom. The maximum atomic E-state index is 5.85. The highest BCUT2D eigenvalue weighted by Gasteiger charge is 2.20. The van der Waals surface area contributed by atoms with Crippen molar-refractivity contribution in [3.05, 3.63) is 65.5 Å². The molecular formula is C23H24N4O2S. The lowest BCUT2D eigenvalue weighted by Crippen LogP contribution is -2.10. The zero-order valence-corrected chi connectivity index (χ0v) is 18.5. The van der Waals surface area contributed by atoms with Crippen molar-refractivity contribution in [3.63, 3.8) is 0 Å². The fraction of sp³-hybridized carbons (Fsp3) is 0.304. The summed E-state index contributed by atoms with van der Waals surface area (Å²) < 4.78 is 11.7. The van der Waals surface area contributed by atoms with Crippen LogP contribution in [0.5, 0.6) is 0 Å². The Labute approximate surface area is 180 Å². The molecule has 0 saturated carbocycles. The van der Waals surface area contributed by atoms with Gasteiger partial charge in [0.2, 0.25) is 17.7 Å². The minimum atomic E-state index is -0.117. The second-order valence-electron chi connectivity index (χ2n) is 8.27.